The van der Waals surface area contributed by atoms with Crippen molar-refractivity contribution in [2.75, 3.05) is 0 Å². The summed E-state index contributed by atoms with van der Waals surface area (Å²) in [6, 6.07) is 0. The van der Waals surface area contributed by atoms with Crippen LogP contribution in [0, 0.1) is 0 Å². The molecule has 0 rings (SSSR count). The summed E-state index contributed by atoms with van der Waals surface area (Å²) >= 11 is 7.00. The molecule has 0 aliphatic rings. The summed E-state index contributed by atoms with van der Waals surface area (Å²) in [5.74, 6) is -2.57. The van der Waals surface area contributed by atoms with Gasteiger partial charge in [-0.15, -0.1) is 0 Å². The van der Waals surface area contributed by atoms with Crippen LogP contribution in [0.4, 0.5) is 0 Å². The molecule has 0 bridgehead atoms. The van der Waals surface area contributed by atoms with Crippen LogP contribution in [0.25, 0.3) is 0 Å². The maximum absolute atomic E-state index is 10.1. The number of hydrogen-bond acceptors (Lipinski definition) is 4. The normalized spacial score (nSPS) is 14.4. The molecule has 0 aliphatic heterocycles. The van der Waals surface area contributed by atoms with Crippen molar-refractivity contribution in [2.45, 2.75) is 10.5 Å². The van der Waals surface area contributed by atoms with E-state index in [9.17, 15) is 9.59 Å². The Kier molecular flexibility index (Phi) is 7.98. The molecule has 0 saturated carbocycles. The van der Waals surface area contributed by atoms with Crippen molar-refractivity contribution in [3.05, 3.63) is 0 Å². The zero-order valence-corrected chi connectivity index (χ0v) is 6.55. The molecule has 11 heavy (non-hydrogen) atoms. The topological polar surface area (TPSA) is 74.6 Å². The zero-order chi connectivity index (χ0) is 8.31. The minimum absolute atomic E-state index is 0. The number of carboxylic acids is 2. The molecule has 0 radical (unpaired) electrons. The van der Waals surface area contributed by atoms with Gasteiger partial charge in [0.1, 0.15) is 10.5 Å². The quantitative estimate of drug-likeness (QED) is 0.357. The molecule has 2 atom stereocenters. The molecule has 0 aromatic rings. The summed E-state index contributed by atoms with van der Waals surface area (Å²) in [6.45, 7) is 0. The van der Waals surface area contributed by atoms with Gasteiger partial charge < -0.3 is 10.2 Å². The SMILES string of the molecule is O=C(O)C(S)C(S)C(=O)O.[NaH]. The summed E-state index contributed by atoms with van der Waals surface area (Å²) in [5, 5.41) is 13.9. The van der Waals surface area contributed by atoms with Gasteiger partial charge in [0.05, 0.1) is 0 Å². The number of carbonyl (C=O) groups is 2. The molecule has 0 aromatic carbocycles. The first-order valence-electron chi connectivity index (χ1n) is 2.28. The summed E-state index contributed by atoms with van der Waals surface area (Å²) in [6.07, 6.45) is 0. The molecule has 0 heterocycles. The average molecular weight is 206 g/mol. The van der Waals surface area contributed by atoms with Gasteiger partial charge in [-0.25, -0.2) is 0 Å². The van der Waals surface area contributed by atoms with Crippen LogP contribution in [0.5, 0.6) is 0 Å². The second-order valence-electron chi connectivity index (χ2n) is 1.57. The number of thiol groups is 2. The predicted molar refractivity (Wildman–Crippen MR) is 48.0 cm³/mol. The van der Waals surface area contributed by atoms with E-state index < -0.39 is 22.4 Å². The summed E-state index contributed by atoms with van der Waals surface area (Å²) in [7, 11) is 0. The molecule has 0 saturated heterocycles. The fourth-order valence-electron chi connectivity index (χ4n) is 0.270. The monoisotopic (exact) mass is 206 g/mol. The summed E-state index contributed by atoms with van der Waals surface area (Å²) in [5.41, 5.74) is 0. The Bertz CT molecular complexity index is 144. The van der Waals surface area contributed by atoms with E-state index in [2.05, 4.69) is 25.3 Å². The van der Waals surface area contributed by atoms with E-state index in [-0.39, 0.29) is 29.6 Å². The van der Waals surface area contributed by atoms with Crippen molar-refractivity contribution in [2.24, 2.45) is 0 Å². The Hall–Kier alpha value is 0.640. The molecule has 0 aromatic heterocycles. The van der Waals surface area contributed by atoms with Crippen LogP contribution in [-0.4, -0.2) is 62.2 Å². The first-order chi connectivity index (χ1) is 4.46. The molecule has 0 aliphatic carbocycles. The van der Waals surface area contributed by atoms with E-state index in [1.165, 1.54) is 0 Å². The van der Waals surface area contributed by atoms with Gasteiger partial charge in [-0.05, 0) is 0 Å². The van der Waals surface area contributed by atoms with Crippen LogP contribution in [0.15, 0.2) is 0 Å². The molecule has 2 unspecified atom stereocenters. The summed E-state index contributed by atoms with van der Waals surface area (Å²) in [4.78, 5) is 20.1. The van der Waals surface area contributed by atoms with Gasteiger partial charge in [0.15, 0.2) is 0 Å². The Balaban J connectivity index is 0. The van der Waals surface area contributed by atoms with Gasteiger partial charge in [0.25, 0.3) is 0 Å². The van der Waals surface area contributed by atoms with Gasteiger partial charge >= 0.3 is 41.5 Å². The average Bonchev–Trinajstić information content (AvgIpc) is 1.84. The fourth-order valence-corrected chi connectivity index (χ4v) is 0.525. The number of rotatable bonds is 3. The van der Waals surface area contributed by atoms with Gasteiger partial charge in [-0.3, -0.25) is 9.59 Å². The van der Waals surface area contributed by atoms with Gasteiger partial charge in [0.2, 0.25) is 0 Å². The van der Waals surface area contributed by atoms with E-state index in [0.29, 0.717) is 0 Å². The molecule has 7 heteroatoms. The third-order valence-corrected chi connectivity index (χ3v) is 2.08. The Labute approximate surface area is 96.5 Å². The predicted octanol–water partition coefficient (Wildman–Crippen LogP) is -0.896. The zero-order valence-electron chi connectivity index (χ0n) is 4.76. The molecule has 2 N–H and O–H groups in total. The summed E-state index contributed by atoms with van der Waals surface area (Å²) < 4.78 is 0. The first-order valence-corrected chi connectivity index (χ1v) is 3.32. The maximum atomic E-state index is 10.1. The van der Waals surface area contributed by atoms with E-state index >= 15 is 0 Å². The molecule has 0 fully saturated rings. The van der Waals surface area contributed by atoms with E-state index in [1.54, 1.807) is 0 Å². The minimum atomic E-state index is -1.29. The van der Waals surface area contributed by atoms with Crippen molar-refractivity contribution < 1.29 is 19.8 Å². The Morgan fingerprint density at radius 2 is 1.18 bits per heavy atom. The number of aliphatic carboxylic acids is 2. The van der Waals surface area contributed by atoms with E-state index in [0.717, 1.165) is 0 Å². The van der Waals surface area contributed by atoms with Gasteiger partial charge in [-0.1, -0.05) is 0 Å². The van der Waals surface area contributed by atoms with Crippen LogP contribution >= 0.6 is 25.3 Å². The fraction of sp³-hybridized carbons (Fsp3) is 0.500. The van der Waals surface area contributed by atoms with Crippen LogP contribution in [0.3, 0.4) is 0 Å². The Morgan fingerprint density at radius 1 is 1.00 bits per heavy atom. The van der Waals surface area contributed by atoms with Crippen LogP contribution in [-0.2, 0) is 9.59 Å². The van der Waals surface area contributed by atoms with Crippen molar-refractivity contribution in [1.29, 1.82) is 0 Å². The van der Waals surface area contributed by atoms with Gasteiger partial charge in [-0.2, -0.15) is 25.3 Å². The molecular formula is C4H7NaO4S2. The molecule has 0 spiro atoms. The molecule has 0 amide bonds. The van der Waals surface area contributed by atoms with Crippen molar-refractivity contribution >= 4 is 66.8 Å². The third-order valence-electron chi connectivity index (χ3n) is 0.805. The molecule has 4 nitrogen and oxygen atoms in total. The van der Waals surface area contributed by atoms with Crippen LogP contribution in [0.2, 0.25) is 0 Å². The standard InChI is InChI=1S/C4H6O4S2.Na.H/c5-3(6)1(9)2(10)4(7)8;;/h1-2,9-10H,(H,5,6)(H,7,8);;. The second-order valence-corrected chi connectivity index (χ2v) is 2.68. The third kappa shape index (κ3) is 4.97. The van der Waals surface area contributed by atoms with Crippen molar-refractivity contribution in [1.82, 2.24) is 0 Å². The van der Waals surface area contributed by atoms with Gasteiger partial charge in [0, 0.05) is 0 Å². The first kappa shape index (κ1) is 14.2. The van der Waals surface area contributed by atoms with E-state index in [4.69, 9.17) is 10.2 Å². The van der Waals surface area contributed by atoms with Crippen molar-refractivity contribution in [3.8, 4) is 0 Å². The van der Waals surface area contributed by atoms with Crippen LogP contribution < -0.4 is 0 Å². The molecular weight excluding hydrogens is 199 g/mol. The second kappa shape index (κ2) is 6.19. The number of hydrogen-bond donors (Lipinski definition) is 4. The van der Waals surface area contributed by atoms with E-state index in [1.807, 2.05) is 0 Å². The van der Waals surface area contributed by atoms with Crippen LogP contribution in [0.1, 0.15) is 0 Å². The number of carboxylic acid groups (broad SMARTS) is 2. The Morgan fingerprint density at radius 3 is 1.27 bits per heavy atom. The van der Waals surface area contributed by atoms with Crippen molar-refractivity contribution in [3.63, 3.8) is 0 Å². The molecule has 60 valence electrons.